The first kappa shape index (κ1) is 12.0. The molecule has 0 fully saturated rings. The summed E-state index contributed by atoms with van der Waals surface area (Å²) in [5.41, 5.74) is 5.40. The molecule has 3 rings (SSSR count). The largest absolute Gasteiger partial charge is 0.374 e. The fourth-order valence-electron chi connectivity index (χ4n) is 2.73. The van der Waals surface area contributed by atoms with Gasteiger partial charge in [-0.05, 0) is 31.0 Å². The lowest BCUT2D eigenvalue weighted by Crippen LogP contribution is -2.27. The number of rotatable bonds is 2. The monoisotopic (exact) mass is 251 g/mol. The Morgan fingerprint density at radius 1 is 1.16 bits per heavy atom. The number of hydrogen-bond acceptors (Lipinski definition) is 2. The highest BCUT2D eigenvalue weighted by Crippen LogP contribution is 2.27. The summed E-state index contributed by atoms with van der Waals surface area (Å²) in [7, 11) is 0. The predicted octanol–water partition coefficient (Wildman–Crippen LogP) is 3.52. The zero-order valence-corrected chi connectivity index (χ0v) is 11.2. The Morgan fingerprint density at radius 3 is 2.68 bits per heavy atom. The number of benzene rings is 2. The Hall–Kier alpha value is -2.09. The number of carbonyl (C=O) groups excluding carboxylic acids is 1. The molecule has 1 aliphatic heterocycles. The van der Waals surface area contributed by atoms with Crippen molar-refractivity contribution in [2.75, 3.05) is 5.32 Å². The number of hydrogen-bond donors (Lipinski definition) is 1. The van der Waals surface area contributed by atoms with Gasteiger partial charge in [0.15, 0.2) is 5.78 Å². The summed E-state index contributed by atoms with van der Waals surface area (Å²) in [5.74, 6) is 0.189. The fraction of sp³-hybridized carbons (Fsp3) is 0.235. The van der Waals surface area contributed by atoms with Gasteiger partial charge in [-0.2, -0.15) is 0 Å². The van der Waals surface area contributed by atoms with Gasteiger partial charge in [0.1, 0.15) is 0 Å². The number of Topliss-reactive ketones (excluding diaryl/α,β-unsaturated/α-hetero) is 1. The van der Waals surface area contributed by atoms with E-state index in [0.29, 0.717) is 0 Å². The van der Waals surface area contributed by atoms with Crippen LogP contribution in [-0.2, 0) is 6.42 Å². The average Bonchev–Trinajstić information content (AvgIpc) is 2.81. The lowest BCUT2D eigenvalue weighted by molar-refractivity contribution is 0.0971. The van der Waals surface area contributed by atoms with E-state index in [0.717, 1.165) is 23.2 Å². The second-order valence-corrected chi connectivity index (χ2v) is 5.24. The van der Waals surface area contributed by atoms with Gasteiger partial charge >= 0.3 is 0 Å². The molecule has 0 amide bonds. The summed E-state index contributed by atoms with van der Waals surface area (Å²) in [6.07, 6.45) is 0.780. The third-order valence-corrected chi connectivity index (χ3v) is 3.73. The molecule has 0 radical (unpaired) electrons. The molecule has 2 aromatic rings. The van der Waals surface area contributed by atoms with Gasteiger partial charge in [0.2, 0.25) is 0 Å². The Balaban J connectivity index is 1.87. The molecule has 1 unspecified atom stereocenters. The van der Waals surface area contributed by atoms with Crippen LogP contribution >= 0.6 is 0 Å². The first-order chi connectivity index (χ1) is 9.15. The van der Waals surface area contributed by atoms with E-state index >= 15 is 0 Å². The molecule has 0 aromatic heterocycles. The van der Waals surface area contributed by atoms with Crippen molar-refractivity contribution in [3.8, 4) is 0 Å². The van der Waals surface area contributed by atoms with Crippen molar-refractivity contribution in [3.63, 3.8) is 0 Å². The van der Waals surface area contributed by atoms with Crippen molar-refractivity contribution in [1.82, 2.24) is 0 Å². The van der Waals surface area contributed by atoms with Gasteiger partial charge in [0.05, 0.1) is 6.04 Å². The van der Waals surface area contributed by atoms with Crippen LogP contribution in [0, 0.1) is 13.8 Å². The lowest BCUT2D eigenvalue weighted by atomic mass is 9.96. The van der Waals surface area contributed by atoms with Crippen LogP contribution in [-0.4, -0.2) is 11.8 Å². The number of para-hydroxylation sites is 1. The molecule has 1 heterocycles. The van der Waals surface area contributed by atoms with Gasteiger partial charge in [0.25, 0.3) is 0 Å². The molecule has 0 saturated carbocycles. The highest BCUT2D eigenvalue weighted by Gasteiger charge is 2.27. The van der Waals surface area contributed by atoms with E-state index in [9.17, 15) is 4.79 Å². The second-order valence-electron chi connectivity index (χ2n) is 5.24. The Kier molecular flexibility index (Phi) is 2.86. The summed E-state index contributed by atoms with van der Waals surface area (Å²) < 4.78 is 0. The standard InChI is InChI=1S/C17H17NO/c1-11-7-8-14(12(2)9-11)17(19)16-10-13-5-3-4-6-15(13)18-16/h3-9,16,18H,10H2,1-2H3. The van der Waals surface area contributed by atoms with Gasteiger partial charge in [-0.3, -0.25) is 4.79 Å². The van der Waals surface area contributed by atoms with Gasteiger partial charge in [-0.25, -0.2) is 0 Å². The van der Waals surface area contributed by atoms with Crippen molar-refractivity contribution in [1.29, 1.82) is 0 Å². The van der Waals surface area contributed by atoms with Gasteiger partial charge in [-0.15, -0.1) is 0 Å². The van der Waals surface area contributed by atoms with Crippen LogP contribution in [0.25, 0.3) is 0 Å². The van der Waals surface area contributed by atoms with Crippen molar-refractivity contribution in [2.45, 2.75) is 26.3 Å². The quantitative estimate of drug-likeness (QED) is 0.827. The minimum Gasteiger partial charge on any atom is -0.374 e. The maximum Gasteiger partial charge on any atom is 0.185 e. The van der Waals surface area contributed by atoms with Crippen molar-refractivity contribution < 1.29 is 4.79 Å². The minimum atomic E-state index is -0.126. The van der Waals surface area contributed by atoms with Crippen LogP contribution in [0.2, 0.25) is 0 Å². The number of nitrogens with one attached hydrogen (secondary N) is 1. The zero-order valence-electron chi connectivity index (χ0n) is 11.2. The smallest absolute Gasteiger partial charge is 0.185 e. The minimum absolute atomic E-state index is 0.126. The molecule has 96 valence electrons. The zero-order chi connectivity index (χ0) is 13.4. The molecule has 1 atom stereocenters. The Morgan fingerprint density at radius 2 is 1.95 bits per heavy atom. The summed E-state index contributed by atoms with van der Waals surface area (Å²) in [5, 5.41) is 3.33. The summed E-state index contributed by atoms with van der Waals surface area (Å²) >= 11 is 0. The highest BCUT2D eigenvalue weighted by atomic mass is 16.1. The van der Waals surface area contributed by atoms with Crippen LogP contribution < -0.4 is 5.32 Å². The Labute approximate surface area is 113 Å². The second kappa shape index (κ2) is 4.54. The van der Waals surface area contributed by atoms with Crippen LogP contribution in [0.3, 0.4) is 0 Å². The molecule has 2 heteroatoms. The Bertz CT molecular complexity index is 620. The molecule has 2 aromatic carbocycles. The predicted molar refractivity (Wildman–Crippen MR) is 77.8 cm³/mol. The third kappa shape index (κ3) is 2.14. The van der Waals surface area contributed by atoms with E-state index in [1.54, 1.807) is 0 Å². The van der Waals surface area contributed by atoms with Crippen molar-refractivity contribution in [2.24, 2.45) is 0 Å². The van der Waals surface area contributed by atoms with Crippen LogP contribution in [0.15, 0.2) is 42.5 Å². The SMILES string of the molecule is Cc1ccc(C(=O)C2Cc3ccccc3N2)c(C)c1. The third-order valence-electron chi connectivity index (χ3n) is 3.73. The van der Waals surface area contributed by atoms with Gasteiger partial charge in [0, 0.05) is 17.7 Å². The van der Waals surface area contributed by atoms with E-state index in [1.807, 2.05) is 44.2 Å². The van der Waals surface area contributed by atoms with E-state index in [4.69, 9.17) is 0 Å². The molecule has 0 aliphatic carbocycles. The van der Waals surface area contributed by atoms with Crippen LogP contribution in [0.1, 0.15) is 27.0 Å². The first-order valence-electron chi connectivity index (χ1n) is 6.61. The topological polar surface area (TPSA) is 29.1 Å². The normalized spacial score (nSPS) is 16.8. The summed E-state index contributed by atoms with van der Waals surface area (Å²) in [6.45, 7) is 4.05. The van der Waals surface area contributed by atoms with Gasteiger partial charge < -0.3 is 5.32 Å². The highest BCUT2D eigenvalue weighted by molar-refractivity contribution is 6.04. The summed E-state index contributed by atoms with van der Waals surface area (Å²) in [6, 6.07) is 14.0. The van der Waals surface area contributed by atoms with Crippen molar-refractivity contribution in [3.05, 3.63) is 64.7 Å². The molecular formula is C17H17NO. The average molecular weight is 251 g/mol. The van der Waals surface area contributed by atoms with E-state index in [1.165, 1.54) is 11.1 Å². The molecule has 2 nitrogen and oxygen atoms in total. The maximum atomic E-state index is 12.6. The molecule has 19 heavy (non-hydrogen) atoms. The molecular weight excluding hydrogens is 234 g/mol. The maximum absolute atomic E-state index is 12.6. The lowest BCUT2D eigenvalue weighted by Gasteiger charge is -2.12. The van der Waals surface area contributed by atoms with E-state index in [-0.39, 0.29) is 11.8 Å². The first-order valence-corrected chi connectivity index (χ1v) is 6.61. The number of ketones is 1. The number of aryl methyl sites for hydroxylation is 2. The summed E-state index contributed by atoms with van der Waals surface area (Å²) in [4.78, 5) is 12.6. The number of carbonyl (C=O) groups is 1. The van der Waals surface area contributed by atoms with Crippen LogP contribution in [0.4, 0.5) is 5.69 Å². The molecule has 0 spiro atoms. The fourth-order valence-corrected chi connectivity index (χ4v) is 2.73. The molecule has 1 aliphatic rings. The number of fused-ring (bicyclic) bond motifs is 1. The molecule has 1 N–H and O–H groups in total. The van der Waals surface area contributed by atoms with Crippen LogP contribution in [0.5, 0.6) is 0 Å². The van der Waals surface area contributed by atoms with Gasteiger partial charge in [-0.1, -0.05) is 42.0 Å². The van der Waals surface area contributed by atoms with Crippen molar-refractivity contribution >= 4 is 11.5 Å². The van der Waals surface area contributed by atoms with E-state index in [2.05, 4.69) is 17.4 Å². The van der Waals surface area contributed by atoms with E-state index < -0.39 is 0 Å². The molecule has 0 saturated heterocycles. The number of anilines is 1. The molecule has 0 bridgehead atoms.